The van der Waals surface area contributed by atoms with Gasteiger partial charge >= 0.3 is 0 Å². The second-order valence-electron chi connectivity index (χ2n) is 7.80. The molecule has 0 unspecified atom stereocenters. The molecule has 3 aromatic carbocycles. The first-order valence-electron chi connectivity index (χ1n) is 10.6. The molecule has 0 saturated heterocycles. The van der Waals surface area contributed by atoms with Crippen molar-refractivity contribution in [3.63, 3.8) is 0 Å². The topological polar surface area (TPSA) is 121 Å². The average molecular weight is 469 g/mol. The number of aromatic nitrogens is 1. The first-order chi connectivity index (χ1) is 16.9. The zero-order valence-electron chi connectivity index (χ0n) is 18.8. The van der Waals surface area contributed by atoms with Gasteiger partial charge < -0.3 is 18.9 Å². The first-order valence-corrected chi connectivity index (χ1v) is 10.6. The highest BCUT2D eigenvalue weighted by molar-refractivity contribution is 6.03. The van der Waals surface area contributed by atoms with Crippen LogP contribution in [0.1, 0.15) is 16.1 Å². The largest absolute Gasteiger partial charge is 0.495 e. The van der Waals surface area contributed by atoms with E-state index in [0.717, 1.165) is 11.1 Å². The second-order valence-corrected chi connectivity index (χ2v) is 7.80. The van der Waals surface area contributed by atoms with Gasteiger partial charge in [0.25, 0.3) is 11.6 Å². The lowest BCUT2D eigenvalue weighted by Gasteiger charge is -2.10. The molecule has 0 aliphatic rings. The van der Waals surface area contributed by atoms with Crippen LogP contribution in [0.3, 0.4) is 0 Å². The molecule has 0 aliphatic heterocycles. The third-order valence-corrected chi connectivity index (χ3v) is 5.43. The lowest BCUT2D eigenvalue weighted by atomic mass is 10.1. The minimum atomic E-state index is -0.543. The molecule has 2 heterocycles. The van der Waals surface area contributed by atoms with E-state index in [4.69, 9.17) is 13.6 Å². The molecule has 0 fully saturated rings. The number of anilines is 1. The maximum atomic E-state index is 13.0. The third-order valence-electron chi connectivity index (χ3n) is 5.43. The van der Waals surface area contributed by atoms with E-state index in [9.17, 15) is 14.9 Å². The van der Waals surface area contributed by atoms with Crippen LogP contribution < -0.4 is 10.1 Å². The van der Waals surface area contributed by atoms with Gasteiger partial charge in [0, 0.05) is 11.6 Å². The fraction of sp³-hybridized carbons (Fsp3) is 0.0769. The van der Waals surface area contributed by atoms with Gasteiger partial charge in [-0.25, -0.2) is 4.98 Å². The summed E-state index contributed by atoms with van der Waals surface area (Å²) in [6.45, 7) is 1.76. The molecular formula is C26H19N3O6. The van der Waals surface area contributed by atoms with Gasteiger partial charge in [-0.2, -0.15) is 0 Å². The van der Waals surface area contributed by atoms with Crippen molar-refractivity contribution in [3.05, 3.63) is 94.2 Å². The normalized spacial score (nSPS) is 10.9. The monoisotopic (exact) mass is 469 g/mol. The fourth-order valence-electron chi connectivity index (χ4n) is 3.72. The first kappa shape index (κ1) is 21.9. The quantitative estimate of drug-likeness (QED) is 0.231. The molecule has 0 atom stereocenters. The number of hydrogen-bond donors (Lipinski definition) is 1. The smallest absolute Gasteiger partial charge is 0.291 e. The number of nitro benzene ring substituents is 1. The molecule has 174 valence electrons. The standard InChI is InChI=1S/C26H19N3O6/c1-15-7-9-17(20(13-15)29(31)32)21-11-12-24(34-21)25(30)27-19-14-16(8-10-22(19)33-2)26-28-18-5-3-4-6-23(18)35-26/h3-14H,1-2H3,(H,27,30). The molecule has 35 heavy (non-hydrogen) atoms. The van der Waals surface area contributed by atoms with Gasteiger partial charge in [-0.05, 0) is 61.0 Å². The molecular weight excluding hydrogens is 450 g/mol. The van der Waals surface area contributed by atoms with Crippen molar-refractivity contribution in [2.24, 2.45) is 0 Å². The summed E-state index contributed by atoms with van der Waals surface area (Å²) >= 11 is 0. The summed E-state index contributed by atoms with van der Waals surface area (Å²) in [5.41, 5.74) is 3.34. The molecule has 5 aromatic rings. The van der Waals surface area contributed by atoms with E-state index in [1.54, 1.807) is 37.3 Å². The van der Waals surface area contributed by atoms with Gasteiger partial charge in [-0.3, -0.25) is 14.9 Å². The fourth-order valence-corrected chi connectivity index (χ4v) is 3.72. The number of ether oxygens (including phenoxy) is 1. The van der Waals surface area contributed by atoms with Gasteiger partial charge in [-0.1, -0.05) is 18.2 Å². The van der Waals surface area contributed by atoms with E-state index >= 15 is 0 Å². The number of fused-ring (bicyclic) bond motifs is 1. The molecule has 9 nitrogen and oxygen atoms in total. The Morgan fingerprint density at radius 3 is 2.63 bits per heavy atom. The molecule has 0 radical (unpaired) electrons. The molecule has 9 heteroatoms. The Labute approximate surface area is 199 Å². The number of rotatable bonds is 6. The predicted molar refractivity (Wildman–Crippen MR) is 129 cm³/mol. The van der Waals surface area contributed by atoms with Crippen LogP contribution in [0, 0.1) is 17.0 Å². The molecule has 5 rings (SSSR count). The Morgan fingerprint density at radius 1 is 1.03 bits per heavy atom. The highest BCUT2D eigenvalue weighted by Crippen LogP contribution is 2.34. The summed E-state index contributed by atoms with van der Waals surface area (Å²) in [7, 11) is 1.49. The van der Waals surface area contributed by atoms with Crippen LogP contribution in [0.5, 0.6) is 5.75 Å². The van der Waals surface area contributed by atoms with Crippen molar-refractivity contribution in [2.75, 3.05) is 12.4 Å². The van der Waals surface area contributed by atoms with Crippen LogP contribution in [0.2, 0.25) is 0 Å². The van der Waals surface area contributed by atoms with Crippen molar-refractivity contribution in [1.29, 1.82) is 0 Å². The van der Waals surface area contributed by atoms with Crippen molar-refractivity contribution < 1.29 is 23.3 Å². The maximum Gasteiger partial charge on any atom is 0.291 e. The number of hydrogen-bond acceptors (Lipinski definition) is 7. The van der Waals surface area contributed by atoms with Gasteiger partial charge in [0.2, 0.25) is 5.89 Å². The number of nitrogens with one attached hydrogen (secondary N) is 1. The van der Waals surface area contributed by atoms with Crippen LogP contribution in [0.15, 0.2) is 81.6 Å². The minimum absolute atomic E-state index is 0.0100. The summed E-state index contributed by atoms with van der Waals surface area (Å²) in [4.78, 5) is 28.4. The van der Waals surface area contributed by atoms with E-state index in [0.29, 0.717) is 28.5 Å². The predicted octanol–water partition coefficient (Wildman–Crippen LogP) is 6.23. The van der Waals surface area contributed by atoms with Gasteiger partial charge in [0.1, 0.15) is 17.0 Å². The van der Waals surface area contributed by atoms with Crippen LogP contribution >= 0.6 is 0 Å². The molecule has 0 aliphatic carbocycles. The molecule has 1 N–H and O–H groups in total. The van der Waals surface area contributed by atoms with Crippen LogP contribution in [0.4, 0.5) is 11.4 Å². The minimum Gasteiger partial charge on any atom is -0.495 e. The number of nitro groups is 1. The number of carbonyl (C=O) groups excluding carboxylic acids is 1. The van der Waals surface area contributed by atoms with E-state index < -0.39 is 10.8 Å². The van der Waals surface area contributed by atoms with E-state index in [1.807, 2.05) is 24.3 Å². The lowest BCUT2D eigenvalue weighted by Crippen LogP contribution is -2.11. The summed E-state index contributed by atoms with van der Waals surface area (Å²) in [6.07, 6.45) is 0. The molecule has 0 bridgehead atoms. The number of nitrogens with zero attached hydrogens (tertiary/aromatic N) is 2. The number of furan rings is 1. The van der Waals surface area contributed by atoms with Crippen LogP contribution in [-0.2, 0) is 0 Å². The molecule has 1 amide bonds. The average Bonchev–Trinajstić information content (AvgIpc) is 3.51. The van der Waals surface area contributed by atoms with Gasteiger partial charge in [0.05, 0.1) is 23.3 Å². The number of amides is 1. The maximum absolute atomic E-state index is 13.0. The highest BCUT2D eigenvalue weighted by atomic mass is 16.6. The Morgan fingerprint density at radius 2 is 1.86 bits per heavy atom. The van der Waals surface area contributed by atoms with Crippen LogP contribution in [0.25, 0.3) is 33.9 Å². The van der Waals surface area contributed by atoms with Crippen LogP contribution in [-0.4, -0.2) is 22.9 Å². The number of aryl methyl sites for hydroxylation is 1. The summed E-state index contributed by atoms with van der Waals surface area (Å²) < 4.78 is 16.9. The third kappa shape index (κ3) is 4.22. The second kappa shape index (κ2) is 8.79. The zero-order chi connectivity index (χ0) is 24.5. The van der Waals surface area contributed by atoms with E-state index in [-0.39, 0.29) is 22.8 Å². The number of oxazole rings is 1. The lowest BCUT2D eigenvalue weighted by molar-refractivity contribution is -0.384. The van der Waals surface area contributed by atoms with Crippen molar-refractivity contribution in [3.8, 4) is 28.5 Å². The van der Waals surface area contributed by atoms with Gasteiger partial charge in [-0.15, -0.1) is 0 Å². The summed E-state index contributed by atoms with van der Waals surface area (Å²) in [6, 6.07) is 20.4. The number of methoxy groups -OCH3 is 1. The molecule has 0 saturated carbocycles. The Balaban J connectivity index is 1.44. The summed E-state index contributed by atoms with van der Waals surface area (Å²) in [5.74, 6) is 0.493. The Bertz CT molecular complexity index is 1550. The number of para-hydroxylation sites is 2. The molecule has 2 aromatic heterocycles. The number of benzene rings is 3. The SMILES string of the molecule is COc1ccc(-c2nc3ccccc3o2)cc1NC(=O)c1ccc(-c2ccc(C)cc2[N+](=O)[O-])o1. The van der Waals surface area contributed by atoms with E-state index in [1.165, 1.54) is 25.3 Å². The van der Waals surface area contributed by atoms with Crippen molar-refractivity contribution >= 4 is 28.4 Å². The Hall–Kier alpha value is -4.92. The van der Waals surface area contributed by atoms with Gasteiger partial charge in [0.15, 0.2) is 11.3 Å². The number of carbonyl (C=O) groups is 1. The highest BCUT2D eigenvalue weighted by Gasteiger charge is 2.21. The van der Waals surface area contributed by atoms with E-state index in [2.05, 4.69) is 10.3 Å². The molecule has 0 spiro atoms. The van der Waals surface area contributed by atoms with Crippen molar-refractivity contribution in [2.45, 2.75) is 6.92 Å². The van der Waals surface area contributed by atoms with Crippen molar-refractivity contribution in [1.82, 2.24) is 4.98 Å². The zero-order valence-corrected chi connectivity index (χ0v) is 18.8. The Kier molecular flexibility index (Phi) is 5.50. The summed E-state index contributed by atoms with van der Waals surface area (Å²) in [5, 5.41) is 14.2.